The van der Waals surface area contributed by atoms with Crippen LogP contribution in [0.1, 0.15) is 19.3 Å². The summed E-state index contributed by atoms with van der Waals surface area (Å²) in [6, 6.07) is 10.8. The van der Waals surface area contributed by atoms with Gasteiger partial charge in [-0.15, -0.1) is 0 Å². The first-order valence-electron chi connectivity index (χ1n) is 10.8. The van der Waals surface area contributed by atoms with Crippen molar-refractivity contribution < 1.29 is 4.74 Å². The average molecular weight is 437 g/mol. The Kier molecular flexibility index (Phi) is 5.77. The monoisotopic (exact) mass is 436 g/mol. The van der Waals surface area contributed by atoms with Gasteiger partial charge in [0.25, 0.3) is 0 Å². The predicted octanol–water partition coefficient (Wildman–Crippen LogP) is 4.08. The molecule has 2 aliphatic rings. The summed E-state index contributed by atoms with van der Waals surface area (Å²) in [5.74, 6) is 0.914. The summed E-state index contributed by atoms with van der Waals surface area (Å²) in [6.07, 6.45) is 6.47. The molecule has 2 aromatic heterocycles. The van der Waals surface area contributed by atoms with E-state index in [9.17, 15) is 5.26 Å². The predicted molar refractivity (Wildman–Crippen MR) is 121 cm³/mol. The molecule has 2 N–H and O–H groups in total. The summed E-state index contributed by atoms with van der Waals surface area (Å²) in [4.78, 5) is 14.7. The Morgan fingerprint density at radius 2 is 2.10 bits per heavy atom. The van der Waals surface area contributed by atoms with Crippen LogP contribution in [0.5, 0.6) is 0 Å². The second kappa shape index (κ2) is 8.83. The van der Waals surface area contributed by atoms with Crippen molar-refractivity contribution in [3.63, 3.8) is 0 Å². The van der Waals surface area contributed by atoms with E-state index >= 15 is 0 Å². The highest BCUT2D eigenvalue weighted by Gasteiger charge is 2.33. The number of hydrogen-bond acceptors (Lipinski definition) is 6. The number of para-hydroxylation sites is 1. The summed E-state index contributed by atoms with van der Waals surface area (Å²) >= 11 is 6.45. The van der Waals surface area contributed by atoms with Crippen LogP contribution in [0.4, 0.5) is 5.95 Å². The molecule has 160 valence electrons. The van der Waals surface area contributed by atoms with Gasteiger partial charge in [0.15, 0.2) is 0 Å². The fourth-order valence-electron chi connectivity index (χ4n) is 4.68. The largest absolute Gasteiger partial charge is 0.381 e. The fourth-order valence-corrected chi connectivity index (χ4v) is 4.88. The van der Waals surface area contributed by atoms with Gasteiger partial charge in [0, 0.05) is 54.3 Å². The van der Waals surface area contributed by atoms with Gasteiger partial charge in [-0.3, -0.25) is 4.90 Å². The Hall–Kier alpha value is -2.66. The molecule has 1 aromatic carbocycles. The van der Waals surface area contributed by atoms with Gasteiger partial charge in [-0.05, 0) is 25.3 Å². The Morgan fingerprint density at radius 3 is 2.87 bits per heavy atom. The SMILES string of the molecule is N#CC(C1CCOC1)N1CCC(Nc2ncc(Cl)c(-c3c[nH]c4ccccc34)n2)CC1. The van der Waals surface area contributed by atoms with Gasteiger partial charge >= 0.3 is 0 Å². The van der Waals surface area contributed by atoms with Gasteiger partial charge in [-0.2, -0.15) is 5.26 Å². The number of rotatable bonds is 5. The van der Waals surface area contributed by atoms with E-state index in [1.54, 1.807) is 6.20 Å². The van der Waals surface area contributed by atoms with Gasteiger partial charge in [0.2, 0.25) is 5.95 Å². The summed E-state index contributed by atoms with van der Waals surface area (Å²) < 4.78 is 5.49. The molecule has 0 bridgehead atoms. The van der Waals surface area contributed by atoms with Gasteiger partial charge in [-0.1, -0.05) is 29.8 Å². The molecule has 2 fully saturated rings. The summed E-state index contributed by atoms with van der Waals surface area (Å²) in [6.45, 7) is 3.24. The number of nitrogens with one attached hydrogen (secondary N) is 2. The lowest BCUT2D eigenvalue weighted by molar-refractivity contribution is 0.126. The lowest BCUT2D eigenvalue weighted by Gasteiger charge is -2.36. The Morgan fingerprint density at radius 1 is 1.26 bits per heavy atom. The molecule has 2 saturated heterocycles. The van der Waals surface area contributed by atoms with E-state index < -0.39 is 0 Å². The number of halogens is 1. The second-order valence-corrected chi connectivity index (χ2v) is 8.70. The molecule has 0 aliphatic carbocycles. The zero-order chi connectivity index (χ0) is 21.2. The summed E-state index contributed by atoms with van der Waals surface area (Å²) in [5, 5.41) is 14.8. The third-order valence-electron chi connectivity index (χ3n) is 6.39. The Labute approximate surface area is 186 Å². The number of H-pyrrole nitrogens is 1. The van der Waals surface area contributed by atoms with Crippen molar-refractivity contribution >= 4 is 28.5 Å². The lowest BCUT2D eigenvalue weighted by Crippen LogP contribution is -2.47. The number of benzene rings is 1. The van der Waals surface area contributed by atoms with Crippen molar-refractivity contribution in [3.05, 3.63) is 41.7 Å². The zero-order valence-electron chi connectivity index (χ0n) is 17.2. The van der Waals surface area contributed by atoms with Crippen LogP contribution < -0.4 is 5.32 Å². The molecular weight excluding hydrogens is 412 g/mol. The van der Waals surface area contributed by atoms with Gasteiger partial charge in [0.05, 0.1) is 29.6 Å². The van der Waals surface area contributed by atoms with Crippen LogP contribution in [0.25, 0.3) is 22.2 Å². The minimum absolute atomic E-state index is 0.0521. The van der Waals surface area contributed by atoms with Crippen LogP contribution in [0, 0.1) is 17.2 Å². The maximum absolute atomic E-state index is 9.66. The standard InChI is InChI=1S/C23H25ClN6O/c24-19-13-27-23(29-22(19)18-12-26-20-4-2-1-3-17(18)20)28-16-5-8-30(9-6-16)21(11-25)15-7-10-31-14-15/h1-4,12-13,15-16,21,26H,5-10,14H2,(H,27,28,29). The molecule has 0 saturated carbocycles. The number of fused-ring (bicyclic) bond motifs is 1. The maximum Gasteiger partial charge on any atom is 0.223 e. The van der Waals surface area contributed by atoms with Gasteiger partial charge in [0.1, 0.15) is 6.04 Å². The topological polar surface area (TPSA) is 89.9 Å². The van der Waals surface area contributed by atoms with Crippen LogP contribution in [0.3, 0.4) is 0 Å². The van der Waals surface area contributed by atoms with Crippen molar-refractivity contribution in [3.8, 4) is 17.3 Å². The number of piperidine rings is 1. The molecule has 0 amide bonds. The van der Waals surface area contributed by atoms with Crippen molar-refractivity contribution in [1.29, 1.82) is 5.26 Å². The molecule has 0 radical (unpaired) electrons. The molecule has 2 unspecified atom stereocenters. The van der Waals surface area contributed by atoms with Crippen LogP contribution >= 0.6 is 11.6 Å². The molecule has 2 atom stereocenters. The molecule has 2 aliphatic heterocycles. The Balaban J connectivity index is 1.27. The van der Waals surface area contributed by atoms with E-state index in [1.165, 1.54) is 0 Å². The quantitative estimate of drug-likeness (QED) is 0.626. The number of aromatic nitrogens is 3. The molecule has 5 rings (SSSR count). The number of aromatic amines is 1. The van der Waals surface area contributed by atoms with E-state index in [1.807, 2.05) is 24.4 Å². The van der Waals surface area contributed by atoms with Crippen LogP contribution in [0.2, 0.25) is 5.02 Å². The first-order valence-corrected chi connectivity index (χ1v) is 11.2. The number of likely N-dealkylation sites (tertiary alicyclic amines) is 1. The number of anilines is 1. The first kappa shape index (κ1) is 20.3. The third-order valence-corrected chi connectivity index (χ3v) is 6.66. The molecular formula is C23H25ClN6O. The molecule has 31 heavy (non-hydrogen) atoms. The first-order chi connectivity index (χ1) is 15.2. The highest BCUT2D eigenvalue weighted by molar-refractivity contribution is 6.33. The number of nitriles is 1. The number of nitrogens with zero attached hydrogens (tertiary/aromatic N) is 4. The van der Waals surface area contributed by atoms with E-state index in [0.717, 1.165) is 61.1 Å². The van der Waals surface area contributed by atoms with E-state index in [-0.39, 0.29) is 12.1 Å². The van der Waals surface area contributed by atoms with Crippen LogP contribution in [-0.2, 0) is 4.74 Å². The van der Waals surface area contributed by atoms with Gasteiger partial charge in [-0.25, -0.2) is 9.97 Å². The summed E-state index contributed by atoms with van der Waals surface area (Å²) in [7, 11) is 0. The van der Waals surface area contributed by atoms with Gasteiger partial charge < -0.3 is 15.0 Å². The van der Waals surface area contributed by atoms with Crippen LogP contribution in [-0.4, -0.2) is 58.2 Å². The van der Waals surface area contributed by atoms with Crippen molar-refractivity contribution in [2.45, 2.75) is 31.3 Å². The summed E-state index contributed by atoms with van der Waals surface area (Å²) in [5.41, 5.74) is 2.74. The third kappa shape index (κ3) is 4.11. The maximum atomic E-state index is 9.66. The Bertz CT molecular complexity index is 1090. The molecule has 8 heteroatoms. The minimum Gasteiger partial charge on any atom is -0.381 e. The highest BCUT2D eigenvalue weighted by atomic mass is 35.5. The zero-order valence-corrected chi connectivity index (χ0v) is 18.0. The number of ether oxygens (including phenoxy) is 1. The average Bonchev–Trinajstić information content (AvgIpc) is 3.47. The highest BCUT2D eigenvalue weighted by Crippen LogP contribution is 2.32. The molecule has 4 heterocycles. The van der Waals surface area contributed by atoms with E-state index in [0.29, 0.717) is 23.5 Å². The number of hydrogen-bond donors (Lipinski definition) is 2. The molecule has 0 spiro atoms. The lowest BCUT2D eigenvalue weighted by atomic mass is 9.95. The van der Waals surface area contributed by atoms with Crippen molar-refractivity contribution in [2.75, 3.05) is 31.6 Å². The minimum atomic E-state index is -0.0521. The van der Waals surface area contributed by atoms with E-state index in [4.69, 9.17) is 21.3 Å². The van der Waals surface area contributed by atoms with Crippen LogP contribution in [0.15, 0.2) is 36.7 Å². The fraction of sp³-hybridized carbons (Fsp3) is 0.435. The van der Waals surface area contributed by atoms with E-state index in [2.05, 4.69) is 32.3 Å². The second-order valence-electron chi connectivity index (χ2n) is 8.29. The smallest absolute Gasteiger partial charge is 0.223 e. The molecule has 3 aromatic rings. The normalized spacial score (nSPS) is 21.2. The van der Waals surface area contributed by atoms with Crippen molar-refractivity contribution in [2.24, 2.45) is 5.92 Å². The molecule has 7 nitrogen and oxygen atoms in total. The van der Waals surface area contributed by atoms with Crippen molar-refractivity contribution in [1.82, 2.24) is 19.9 Å².